The fourth-order valence-corrected chi connectivity index (χ4v) is 5.69. The number of alkyl carbamates (subject to hydrolysis) is 1. The summed E-state index contributed by atoms with van der Waals surface area (Å²) in [4.78, 5) is 38.9. The van der Waals surface area contributed by atoms with Gasteiger partial charge in [0.1, 0.15) is 24.3 Å². The number of rotatable bonds is 12. The Labute approximate surface area is 261 Å². The lowest BCUT2D eigenvalue weighted by molar-refractivity contribution is -0.118. The van der Waals surface area contributed by atoms with Gasteiger partial charge in [-0.05, 0) is 60.2 Å². The van der Waals surface area contributed by atoms with Gasteiger partial charge in [0.25, 0.3) is 0 Å². The van der Waals surface area contributed by atoms with Gasteiger partial charge < -0.3 is 30.3 Å². The lowest BCUT2D eigenvalue weighted by Crippen LogP contribution is -2.44. The van der Waals surface area contributed by atoms with Gasteiger partial charge in [-0.1, -0.05) is 82.1 Å². The van der Waals surface area contributed by atoms with Crippen LogP contribution in [0.15, 0.2) is 75.9 Å². The molecular formula is C32H31BrClN3O6. The molecule has 1 atom stereocenters. The molecule has 9 nitrogen and oxygen atoms in total. The number of unbranched alkanes of at least 4 members (excludes halogenated alkanes) is 1. The molecule has 0 aliphatic heterocycles. The Balaban J connectivity index is 1.28. The van der Waals surface area contributed by atoms with Crippen LogP contribution in [-0.4, -0.2) is 43.1 Å². The molecule has 43 heavy (non-hydrogen) atoms. The van der Waals surface area contributed by atoms with Crippen molar-refractivity contribution < 1.29 is 23.5 Å². The molecule has 0 fully saturated rings. The lowest BCUT2D eigenvalue weighted by Gasteiger charge is -2.20. The summed E-state index contributed by atoms with van der Waals surface area (Å²) in [5.41, 5.74) is 9.78. The highest BCUT2D eigenvalue weighted by Gasteiger charge is 2.30. The predicted octanol–water partition coefficient (Wildman–Crippen LogP) is 6.19. The fourth-order valence-electron chi connectivity index (χ4n) is 5.27. The molecule has 0 saturated carbocycles. The van der Waals surface area contributed by atoms with E-state index in [1.54, 1.807) is 12.1 Å². The number of anilines is 1. The van der Waals surface area contributed by atoms with E-state index in [0.717, 1.165) is 22.3 Å². The van der Waals surface area contributed by atoms with Crippen LogP contribution in [0, 0.1) is 0 Å². The van der Waals surface area contributed by atoms with Gasteiger partial charge >= 0.3 is 17.7 Å². The van der Waals surface area contributed by atoms with Gasteiger partial charge in [-0.3, -0.25) is 4.79 Å². The molecule has 4 aromatic rings. The number of benzene rings is 3. The van der Waals surface area contributed by atoms with Crippen LogP contribution in [0.25, 0.3) is 21.9 Å². The van der Waals surface area contributed by atoms with E-state index in [9.17, 15) is 14.4 Å². The van der Waals surface area contributed by atoms with Crippen LogP contribution in [0.1, 0.15) is 36.3 Å². The summed E-state index contributed by atoms with van der Waals surface area (Å²) >= 11 is 9.63. The van der Waals surface area contributed by atoms with Gasteiger partial charge in [0, 0.05) is 22.3 Å². The first-order chi connectivity index (χ1) is 20.9. The number of nitrogens with two attached hydrogens (primary N) is 1. The van der Waals surface area contributed by atoms with E-state index >= 15 is 0 Å². The maximum absolute atomic E-state index is 13.3. The number of fused-ring (bicyclic) bond motifs is 4. The molecule has 1 aliphatic rings. The second kappa shape index (κ2) is 14.1. The molecule has 1 aliphatic carbocycles. The highest BCUT2D eigenvalue weighted by Crippen LogP contribution is 2.44. The summed E-state index contributed by atoms with van der Waals surface area (Å²) in [5, 5.41) is 6.80. The van der Waals surface area contributed by atoms with Crippen LogP contribution in [0.5, 0.6) is 5.95 Å². The Kier molecular flexibility index (Phi) is 10.0. The highest BCUT2D eigenvalue weighted by atomic mass is 79.9. The predicted molar refractivity (Wildman–Crippen MR) is 170 cm³/mol. The standard InChI is InChI=1S/C32H31BrClN3O6/c33-14-16-41-31-28(34)24-13-12-19(17-25(24)30(39)43-31)36-29(38)27(11-5-6-15-35)37-32(40)42-18-26-22-9-3-1-7-20(22)21-8-2-4-10-23(21)26/h1-4,7-10,12-13,17,26-27H,5-6,11,14-16,18,35H2,(H,36,38)(H,37,40)/t27-/m0/s1. The van der Waals surface area contributed by atoms with E-state index in [2.05, 4.69) is 38.7 Å². The highest BCUT2D eigenvalue weighted by molar-refractivity contribution is 9.09. The van der Waals surface area contributed by atoms with Gasteiger partial charge in [0.2, 0.25) is 5.91 Å². The Bertz CT molecular complexity index is 1650. The first kappa shape index (κ1) is 30.6. The van der Waals surface area contributed by atoms with Crippen LogP contribution in [0.2, 0.25) is 5.02 Å². The first-order valence-electron chi connectivity index (χ1n) is 14.0. The van der Waals surface area contributed by atoms with Crippen molar-refractivity contribution >= 4 is 56.0 Å². The fraction of sp³-hybridized carbons (Fsp3) is 0.281. The minimum Gasteiger partial charge on any atom is -0.463 e. The third-order valence-electron chi connectivity index (χ3n) is 7.32. The molecule has 11 heteroatoms. The average Bonchev–Trinajstić information content (AvgIpc) is 3.34. The number of hydrogen-bond donors (Lipinski definition) is 3. The number of ether oxygens (including phenoxy) is 2. The zero-order chi connectivity index (χ0) is 30.3. The molecule has 0 saturated heterocycles. The van der Waals surface area contributed by atoms with E-state index in [-0.39, 0.29) is 35.5 Å². The summed E-state index contributed by atoms with van der Waals surface area (Å²) in [6.45, 7) is 0.853. The van der Waals surface area contributed by atoms with Crippen molar-refractivity contribution in [2.45, 2.75) is 31.2 Å². The molecule has 3 aromatic carbocycles. The number of amides is 2. The van der Waals surface area contributed by atoms with Crippen molar-refractivity contribution in [1.29, 1.82) is 0 Å². The van der Waals surface area contributed by atoms with E-state index in [4.69, 9.17) is 31.2 Å². The SMILES string of the molecule is NCCCC[C@H](NC(=O)OCC1c2ccccc2-c2ccccc21)C(=O)Nc1ccc2c(Cl)c(OCCBr)oc(=O)c2c1. The molecule has 1 heterocycles. The Morgan fingerprint density at radius 2 is 1.70 bits per heavy atom. The van der Waals surface area contributed by atoms with Crippen LogP contribution >= 0.6 is 27.5 Å². The van der Waals surface area contributed by atoms with Crippen LogP contribution in [-0.2, 0) is 9.53 Å². The van der Waals surface area contributed by atoms with Crippen molar-refractivity contribution in [3.8, 4) is 17.1 Å². The van der Waals surface area contributed by atoms with Gasteiger partial charge in [-0.15, -0.1) is 0 Å². The van der Waals surface area contributed by atoms with Gasteiger partial charge in [0.05, 0.1) is 5.39 Å². The molecule has 0 unspecified atom stereocenters. The van der Waals surface area contributed by atoms with Crippen molar-refractivity contribution in [3.05, 3.63) is 93.3 Å². The largest absolute Gasteiger partial charge is 0.463 e. The van der Waals surface area contributed by atoms with Crippen LogP contribution in [0.4, 0.5) is 10.5 Å². The number of alkyl halides is 1. The van der Waals surface area contributed by atoms with E-state index in [0.29, 0.717) is 42.2 Å². The maximum atomic E-state index is 13.3. The second-order valence-corrected chi connectivity index (χ2v) is 11.3. The van der Waals surface area contributed by atoms with Gasteiger partial charge in [-0.2, -0.15) is 0 Å². The van der Waals surface area contributed by atoms with Gasteiger partial charge in [-0.25, -0.2) is 9.59 Å². The van der Waals surface area contributed by atoms with E-state index < -0.39 is 23.7 Å². The summed E-state index contributed by atoms with van der Waals surface area (Å²) < 4.78 is 16.3. The number of nitrogens with one attached hydrogen (secondary N) is 2. The van der Waals surface area contributed by atoms with Crippen molar-refractivity contribution in [3.63, 3.8) is 0 Å². The molecule has 5 rings (SSSR count). The molecule has 2 amide bonds. The van der Waals surface area contributed by atoms with Crippen LogP contribution in [0.3, 0.4) is 0 Å². The Hall–Kier alpha value is -3.86. The summed E-state index contributed by atoms with van der Waals surface area (Å²) in [6, 6.07) is 19.9. The number of carbonyl (C=O) groups is 2. The Morgan fingerprint density at radius 3 is 2.37 bits per heavy atom. The van der Waals surface area contributed by atoms with Crippen molar-refractivity contribution in [1.82, 2.24) is 5.32 Å². The normalized spacial score (nSPS) is 12.8. The third kappa shape index (κ3) is 6.87. The monoisotopic (exact) mass is 667 g/mol. The number of halogens is 2. The summed E-state index contributed by atoms with van der Waals surface area (Å²) in [5.74, 6) is -0.635. The molecule has 0 radical (unpaired) electrons. The summed E-state index contributed by atoms with van der Waals surface area (Å²) in [7, 11) is 0. The topological polar surface area (TPSA) is 133 Å². The lowest BCUT2D eigenvalue weighted by atomic mass is 9.98. The first-order valence-corrected chi connectivity index (χ1v) is 15.5. The minimum absolute atomic E-state index is 0.0670. The molecule has 1 aromatic heterocycles. The second-order valence-electron chi connectivity index (χ2n) is 10.1. The molecular weight excluding hydrogens is 638 g/mol. The minimum atomic E-state index is -0.891. The average molecular weight is 669 g/mol. The van der Waals surface area contributed by atoms with E-state index in [1.165, 1.54) is 6.07 Å². The van der Waals surface area contributed by atoms with Crippen LogP contribution < -0.4 is 26.7 Å². The zero-order valence-electron chi connectivity index (χ0n) is 23.2. The number of hydrogen-bond acceptors (Lipinski definition) is 7. The third-order valence-corrected chi connectivity index (χ3v) is 8.00. The molecule has 0 bridgehead atoms. The quantitative estimate of drug-likeness (QED) is 0.121. The molecule has 0 spiro atoms. The number of carbonyl (C=O) groups excluding carboxylic acids is 2. The Morgan fingerprint density at radius 1 is 1.00 bits per heavy atom. The maximum Gasteiger partial charge on any atom is 0.407 e. The zero-order valence-corrected chi connectivity index (χ0v) is 25.6. The summed E-state index contributed by atoms with van der Waals surface area (Å²) in [6.07, 6.45) is 0.956. The smallest absolute Gasteiger partial charge is 0.407 e. The molecule has 224 valence electrons. The van der Waals surface area contributed by atoms with E-state index in [1.807, 2.05) is 36.4 Å². The van der Waals surface area contributed by atoms with Crippen molar-refractivity contribution in [2.24, 2.45) is 5.73 Å². The molecule has 4 N–H and O–H groups in total. The van der Waals surface area contributed by atoms with Gasteiger partial charge in [0.15, 0.2) is 0 Å². The van der Waals surface area contributed by atoms with Crippen molar-refractivity contribution in [2.75, 3.05) is 30.4 Å².